The molecule has 0 saturated carbocycles. The van der Waals surface area contributed by atoms with Crippen LogP contribution < -0.4 is 4.74 Å². The van der Waals surface area contributed by atoms with Crippen LogP contribution in [0, 0.1) is 11.3 Å². The highest BCUT2D eigenvalue weighted by atomic mass is 79.9. The lowest BCUT2D eigenvalue weighted by Crippen LogP contribution is -1.87. The monoisotopic (exact) mass is 385 g/mol. The second-order valence-corrected chi connectivity index (χ2v) is 5.70. The third kappa shape index (κ3) is 3.26. The molecule has 2 aromatic carbocycles. The van der Waals surface area contributed by atoms with Gasteiger partial charge in [0.25, 0.3) is 0 Å². The van der Waals surface area contributed by atoms with Crippen LogP contribution in [0.2, 0.25) is 5.02 Å². The lowest BCUT2D eigenvalue weighted by atomic mass is 10.2. The van der Waals surface area contributed by atoms with Crippen LogP contribution in [0.3, 0.4) is 0 Å². The Morgan fingerprint density at radius 2 is 1.83 bits per heavy atom. The van der Waals surface area contributed by atoms with Crippen molar-refractivity contribution in [2.24, 2.45) is 0 Å². The van der Waals surface area contributed by atoms with E-state index in [0.717, 1.165) is 8.95 Å². The second-order valence-electron chi connectivity index (χ2n) is 3.46. The first-order valence-electron chi connectivity index (χ1n) is 4.92. The SMILES string of the molecule is N#Cc1cc(Br)cc(Oc2ccc(Br)cc2Cl)c1. The predicted octanol–water partition coefficient (Wildman–Crippen LogP) is 5.53. The Kier molecular flexibility index (Phi) is 4.28. The largest absolute Gasteiger partial charge is 0.456 e. The van der Waals surface area contributed by atoms with Gasteiger partial charge < -0.3 is 4.74 Å². The van der Waals surface area contributed by atoms with E-state index < -0.39 is 0 Å². The Bertz CT molecular complexity index is 637. The van der Waals surface area contributed by atoms with Crippen molar-refractivity contribution < 1.29 is 4.74 Å². The Balaban J connectivity index is 2.34. The molecular weight excluding hydrogens is 381 g/mol. The first-order chi connectivity index (χ1) is 8.58. The molecule has 2 rings (SSSR count). The number of benzene rings is 2. The van der Waals surface area contributed by atoms with Crippen LogP contribution in [0.5, 0.6) is 11.5 Å². The third-order valence-corrected chi connectivity index (χ3v) is 3.37. The fraction of sp³-hybridized carbons (Fsp3) is 0. The average Bonchev–Trinajstić information content (AvgIpc) is 2.32. The van der Waals surface area contributed by atoms with E-state index in [2.05, 4.69) is 37.9 Å². The van der Waals surface area contributed by atoms with E-state index in [1.807, 2.05) is 6.07 Å². The van der Waals surface area contributed by atoms with Crippen LogP contribution in [0.15, 0.2) is 45.3 Å². The van der Waals surface area contributed by atoms with E-state index in [0.29, 0.717) is 22.1 Å². The van der Waals surface area contributed by atoms with E-state index >= 15 is 0 Å². The number of nitrogens with zero attached hydrogens (tertiary/aromatic N) is 1. The molecule has 0 aliphatic heterocycles. The quantitative estimate of drug-likeness (QED) is 0.679. The van der Waals surface area contributed by atoms with Crippen molar-refractivity contribution in [3.05, 3.63) is 55.9 Å². The van der Waals surface area contributed by atoms with Crippen LogP contribution in [-0.2, 0) is 0 Å². The van der Waals surface area contributed by atoms with Crippen LogP contribution >= 0.6 is 43.5 Å². The lowest BCUT2D eigenvalue weighted by molar-refractivity contribution is 0.482. The Hall–Kier alpha value is -1.02. The van der Waals surface area contributed by atoms with Gasteiger partial charge in [0.1, 0.15) is 11.5 Å². The summed E-state index contributed by atoms with van der Waals surface area (Å²) in [4.78, 5) is 0. The van der Waals surface area contributed by atoms with Gasteiger partial charge >= 0.3 is 0 Å². The second kappa shape index (κ2) is 5.75. The molecule has 0 aliphatic rings. The molecule has 5 heteroatoms. The molecule has 0 atom stereocenters. The highest BCUT2D eigenvalue weighted by Crippen LogP contribution is 2.33. The van der Waals surface area contributed by atoms with Crippen molar-refractivity contribution in [2.75, 3.05) is 0 Å². The van der Waals surface area contributed by atoms with Crippen molar-refractivity contribution in [2.45, 2.75) is 0 Å². The zero-order chi connectivity index (χ0) is 13.1. The highest BCUT2D eigenvalue weighted by Gasteiger charge is 2.06. The van der Waals surface area contributed by atoms with Gasteiger partial charge in [-0.15, -0.1) is 0 Å². The van der Waals surface area contributed by atoms with Gasteiger partial charge in [0.2, 0.25) is 0 Å². The van der Waals surface area contributed by atoms with Gasteiger partial charge in [-0.1, -0.05) is 43.5 Å². The predicted molar refractivity (Wildman–Crippen MR) is 78.1 cm³/mol. The summed E-state index contributed by atoms with van der Waals surface area (Å²) in [6, 6.07) is 12.6. The zero-order valence-electron chi connectivity index (χ0n) is 8.95. The molecule has 0 fully saturated rings. The van der Waals surface area contributed by atoms with Gasteiger partial charge in [-0.25, -0.2) is 0 Å². The molecule has 0 bridgehead atoms. The number of hydrogen-bond donors (Lipinski definition) is 0. The van der Waals surface area contributed by atoms with Crippen molar-refractivity contribution in [1.29, 1.82) is 5.26 Å². The minimum Gasteiger partial charge on any atom is -0.456 e. The molecule has 0 aliphatic carbocycles. The molecule has 0 aromatic heterocycles. The van der Waals surface area contributed by atoms with Crippen molar-refractivity contribution in [1.82, 2.24) is 0 Å². The molecule has 0 N–H and O–H groups in total. The van der Waals surface area contributed by atoms with Gasteiger partial charge in [0, 0.05) is 8.95 Å². The van der Waals surface area contributed by atoms with Gasteiger partial charge in [0.15, 0.2) is 0 Å². The molecule has 18 heavy (non-hydrogen) atoms. The Morgan fingerprint density at radius 1 is 1.06 bits per heavy atom. The fourth-order valence-electron chi connectivity index (χ4n) is 1.37. The summed E-state index contributed by atoms with van der Waals surface area (Å²) in [5.41, 5.74) is 0.521. The Morgan fingerprint density at radius 3 is 2.50 bits per heavy atom. The molecular formula is C13H6Br2ClNO. The summed E-state index contributed by atoms with van der Waals surface area (Å²) in [6.45, 7) is 0. The van der Waals surface area contributed by atoms with Crippen LogP contribution in [0.1, 0.15) is 5.56 Å². The maximum atomic E-state index is 8.88. The van der Waals surface area contributed by atoms with Crippen molar-refractivity contribution in [3.63, 3.8) is 0 Å². The zero-order valence-corrected chi connectivity index (χ0v) is 12.9. The van der Waals surface area contributed by atoms with E-state index in [1.54, 1.807) is 30.3 Å². The number of hydrogen-bond acceptors (Lipinski definition) is 2. The summed E-state index contributed by atoms with van der Waals surface area (Å²) < 4.78 is 7.32. The topological polar surface area (TPSA) is 33.0 Å². The molecule has 0 radical (unpaired) electrons. The summed E-state index contributed by atoms with van der Waals surface area (Å²) in [5, 5.41) is 9.39. The number of ether oxygens (including phenoxy) is 1. The molecule has 2 nitrogen and oxygen atoms in total. The van der Waals surface area contributed by atoms with Gasteiger partial charge in [0.05, 0.1) is 16.7 Å². The number of rotatable bonds is 2. The molecule has 0 spiro atoms. The minimum atomic E-state index is 0.503. The van der Waals surface area contributed by atoms with Gasteiger partial charge in [-0.05, 0) is 36.4 Å². The standard InChI is InChI=1S/C13H6Br2ClNO/c14-9-1-2-13(12(16)6-9)18-11-4-8(7-17)3-10(15)5-11/h1-6H. The molecule has 2 aromatic rings. The average molecular weight is 387 g/mol. The molecule has 0 heterocycles. The van der Waals surface area contributed by atoms with E-state index in [4.69, 9.17) is 21.6 Å². The Labute approximate surface area is 126 Å². The molecule has 90 valence electrons. The fourth-order valence-corrected chi connectivity index (χ4v) is 2.56. The number of nitriles is 1. The van der Waals surface area contributed by atoms with Gasteiger partial charge in [-0.2, -0.15) is 5.26 Å². The summed E-state index contributed by atoms with van der Waals surface area (Å²) in [6.07, 6.45) is 0. The summed E-state index contributed by atoms with van der Waals surface area (Å²) >= 11 is 12.7. The van der Waals surface area contributed by atoms with E-state index in [9.17, 15) is 0 Å². The summed E-state index contributed by atoms with van der Waals surface area (Å²) in [7, 11) is 0. The summed E-state index contributed by atoms with van der Waals surface area (Å²) in [5.74, 6) is 1.10. The highest BCUT2D eigenvalue weighted by molar-refractivity contribution is 9.10. The van der Waals surface area contributed by atoms with Crippen LogP contribution in [0.4, 0.5) is 0 Å². The molecule has 0 unspecified atom stereocenters. The van der Waals surface area contributed by atoms with Crippen LogP contribution in [-0.4, -0.2) is 0 Å². The lowest BCUT2D eigenvalue weighted by Gasteiger charge is -2.08. The van der Waals surface area contributed by atoms with Crippen LogP contribution in [0.25, 0.3) is 0 Å². The van der Waals surface area contributed by atoms with Crippen molar-refractivity contribution >= 4 is 43.5 Å². The van der Waals surface area contributed by atoms with E-state index in [1.165, 1.54) is 0 Å². The maximum absolute atomic E-state index is 8.88. The van der Waals surface area contributed by atoms with E-state index in [-0.39, 0.29) is 0 Å². The van der Waals surface area contributed by atoms with Crippen molar-refractivity contribution in [3.8, 4) is 17.6 Å². The minimum absolute atomic E-state index is 0.503. The first kappa shape index (κ1) is 13.4. The van der Waals surface area contributed by atoms with Gasteiger partial charge in [-0.3, -0.25) is 0 Å². The third-order valence-electron chi connectivity index (χ3n) is 2.12. The molecule has 0 saturated heterocycles. The maximum Gasteiger partial charge on any atom is 0.146 e. The first-order valence-corrected chi connectivity index (χ1v) is 6.88. The molecule has 0 amide bonds. The normalized spacial score (nSPS) is 9.89. The number of halogens is 3. The smallest absolute Gasteiger partial charge is 0.146 e.